The van der Waals surface area contributed by atoms with E-state index in [9.17, 15) is 14.9 Å². The Labute approximate surface area is 117 Å². The van der Waals surface area contributed by atoms with E-state index in [0.717, 1.165) is 25.7 Å². The smallest absolute Gasteiger partial charge is 0.304 e. The first-order chi connectivity index (χ1) is 9.59. The third kappa shape index (κ3) is 3.26. The summed E-state index contributed by atoms with van der Waals surface area (Å²) >= 11 is 0. The Morgan fingerprint density at radius 1 is 1.25 bits per heavy atom. The molecule has 1 amide bonds. The highest BCUT2D eigenvalue weighted by Gasteiger charge is 2.25. The van der Waals surface area contributed by atoms with E-state index in [-0.39, 0.29) is 23.0 Å². The first kappa shape index (κ1) is 14.3. The summed E-state index contributed by atoms with van der Waals surface area (Å²) in [5, 5.41) is 13.9. The van der Waals surface area contributed by atoms with Gasteiger partial charge in [-0.3, -0.25) is 14.9 Å². The molecule has 0 saturated heterocycles. The van der Waals surface area contributed by atoms with Crippen LogP contribution in [0, 0.1) is 10.1 Å². The van der Waals surface area contributed by atoms with Gasteiger partial charge in [0.25, 0.3) is 5.91 Å². The van der Waals surface area contributed by atoms with Crippen LogP contribution in [0.25, 0.3) is 0 Å². The molecule has 108 valence electrons. The Morgan fingerprint density at radius 3 is 2.50 bits per heavy atom. The molecular weight excluding hydrogens is 258 g/mol. The van der Waals surface area contributed by atoms with Crippen LogP contribution < -0.4 is 11.1 Å². The van der Waals surface area contributed by atoms with Gasteiger partial charge in [-0.05, 0) is 25.0 Å². The lowest BCUT2D eigenvalue weighted by Crippen LogP contribution is -2.34. The van der Waals surface area contributed by atoms with Gasteiger partial charge >= 0.3 is 5.69 Å². The Bertz CT molecular complexity index is 508. The minimum absolute atomic E-state index is 0.0171. The minimum Gasteiger partial charge on any atom is -0.393 e. The summed E-state index contributed by atoms with van der Waals surface area (Å²) in [6.45, 7) is 0. The fourth-order valence-corrected chi connectivity index (χ4v) is 2.64. The first-order valence-electron chi connectivity index (χ1n) is 6.93. The van der Waals surface area contributed by atoms with Gasteiger partial charge in [-0.2, -0.15) is 0 Å². The Morgan fingerprint density at radius 2 is 1.90 bits per heavy atom. The molecule has 1 aromatic carbocycles. The van der Waals surface area contributed by atoms with Gasteiger partial charge in [-0.25, -0.2) is 0 Å². The van der Waals surface area contributed by atoms with Gasteiger partial charge < -0.3 is 11.1 Å². The summed E-state index contributed by atoms with van der Waals surface area (Å²) in [7, 11) is 0. The van der Waals surface area contributed by atoms with E-state index in [4.69, 9.17) is 5.73 Å². The van der Waals surface area contributed by atoms with Crippen molar-refractivity contribution in [2.24, 2.45) is 0 Å². The predicted molar refractivity (Wildman–Crippen MR) is 76.5 cm³/mol. The molecule has 0 bridgehead atoms. The number of benzene rings is 1. The lowest BCUT2D eigenvalue weighted by atomic mass is 10.1. The maximum absolute atomic E-state index is 12.2. The van der Waals surface area contributed by atoms with Gasteiger partial charge in [0, 0.05) is 6.04 Å². The van der Waals surface area contributed by atoms with E-state index in [1.54, 1.807) is 6.07 Å². The van der Waals surface area contributed by atoms with Gasteiger partial charge in [0.2, 0.25) is 0 Å². The highest BCUT2D eigenvalue weighted by atomic mass is 16.6. The zero-order valence-electron chi connectivity index (χ0n) is 11.3. The van der Waals surface area contributed by atoms with E-state index in [0.29, 0.717) is 0 Å². The van der Waals surface area contributed by atoms with Gasteiger partial charge in [0.05, 0.1) is 4.92 Å². The number of nitrogen functional groups attached to an aromatic ring is 1. The molecule has 1 fully saturated rings. The lowest BCUT2D eigenvalue weighted by Gasteiger charge is -2.16. The van der Waals surface area contributed by atoms with Gasteiger partial charge in [-0.15, -0.1) is 0 Å². The minimum atomic E-state index is -0.600. The monoisotopic (exact) mass is 277 g/mol. The van der Waals surface area contributed by atoms with Gasteiger partial charge in [0.15, 0.2) is 0 Å². The van der Waals surface area contributed by atoms with Gasteiger partial charge in [0.1, 0.15) is 11.3 Å². The van der Waals surface area contributed by atoms with Crippen LogP contribution in [-0.2, 0) is 0 Å². The molecule has 20 heavy (non-hydrogen) atoms. The molecule has 3 N–H and O–H groups in total. The van der Waals surface area contributed by atoms with Crippen LogP contribution in [0.1, 0.15) is 48.9 Å². The van der Waals surface area contributed by atoms with Crippen LogP contribution >= 0.6 is 0 Å². The number of carbonyl (C=O) groups is 1. The molecule has 0 radical (unpaired) electrons. The number of carbonyl (C=O) groups excluding carboxylic acids is 1. The highest BCUT2D eigenvalue weighted by molar-refractivity contribution is 6.00. The van der Waals surface area contributed by atoms with Gasteiger partial charge in [-0.1, -0.05) is 31.7 Å². The molecule has 0 unspecified atom stereocenters. The van der Waals surface area contributed by atoms with E-state index in [1.165, 1.54) is 25.0 Å². The number of rotatable bonds is 3. The largest absolute Gasteiger partial charge is 0.393 e. The number of hydrogen-bond acceptors (Lipinski definition) is 4. The van der Waals surface area contributed by atoms with Crippen LogP contribution in [0.5, 0.6) is 0 Å². The second-order valence-electron chi connectivity index (χ2n) is 5.16. The quantitative estimate of drug-likeness (QED) is 0.384. The number of nitrogens with one attached hydrogen (secondary N) is 1. The van der Waals surface area contributed by atoms with Crippen molar-refractivity contribution in [1.29, 1.82) is 0 Å². The standard InChI is InChI=1S/C14H19N3O3/c15-12-9-5-8-11(13(12)17(19)20)14(18)16-10-6-3-1-2-4-7-10/h5,8-10H,1-4,6-7,15H2,(H,16,18). The molecule has 1 saturated carbocycles. The molecule has 1 aliphatic carbocycles. The fraction of sp³-hybridized carbons (Fsp3) is 0.500. The summed E-state index contributed by atoms with van der Waals surface area (Å²) in [6, 6.07) is 4.54. The molecular formula is C14H19N3O3. The summed E-state index contributed by atoms with van der Waals surface area (Å²) < 4.78 is 0. The average molecular weight is 277 g/mol. The van der Waals surface area contributed by atoms with E-state index >= 15 is 0 Å². The van der Waals surface area contributed by atoms with Crippen LogP contribution in [-0.4, -0.2) is 16.9 Å². The third-order valence-electron chi connectivity index (χ3n) is 3.68. The van der Waals surface area contributed by atoms with Crippen molar-refractivity contribution >= 4 is 17.3 Å². The molecule has 2 rings (SSSR count). The average Bonchev–Trinajstić information content (AvgIpc) is 2.66. The zero-order valence-corrected chi connectivity index (χ0v) is 11.3. The van der Waals surface area contributed by atoms with E-state index in [1.807, 2.05) is 0 Å². The van der Waals surface area contributed by atoms with Crippen LogP contribution in [0.4, 0.5) is 11.4 Å². The summed E-state index contributed by atoms with van der Waals surface area (Å²) in [5.74, 6) is -0.407. The maximum Gasteiger partial charge on any atom is 0.304 e. The molecule has 0 spiro atoms. The Balaban J connectivity index is 2.16. The van der Waals surface area contributed by atoms with Crippen molar-refractivity contribution in [1.82, 2.24) is 5.32 Å². The number of nitrogens with zero attached hydrogens (tertiary/aromatic N) is 1. The zero-order chi connectivity index (χ0) is 14.5. The van der Waals surface area contributed by atoms with E-state index < -0.39 is 10.8 Å². The molecule has 1 aliphatic rings. The van der Waals surface area contributed by atoms with Crippen molar-refractivity contribution in [3.63, 3.8) is 0 Å². The maximum atomic E-state index is 12.2. The number of nitrogens with two attached hydrogens (primary N) is 1. The number of hydrogen-bond donors (Lipinski definition) is 2. The van der Waals surface area contributed by atoms with Crippen molar-refractivity contribution in [3.8, 4) is 0 Å². The van der Waals surface area contributed by atoms with Crippen molar-refractivity contribution in [2.75, 3.05) is 5.73 Å². The van der Waals surface area contributed by atoms with Crippen molar-refractivity contribution in [2.45, 2.75) is 44.6 Å². The molecule has 1 aromatic rings. The topological polar surface area (TPSA) is 98.3 Å². The number of nitro groups is 1. The molecule has 6 nitrogen and oxygen atoms in total. The highest BCUT2D eigenvalue weighted by Crippen LogP contribution is 2.26. The fourth-order valence-electron chi connectivity index (χ4n) is 2.64. The number of nitro benzene ring substituents is 1. The number of anilines is 1. The lowest BCUT2D eigenvalue weighted by molar-refractivity contribution is -0.384. The molecule has 0 aromatic heterocycles. The van der Waals surface area contributed by atoms with Crippen LogP contribution in [0.2, 0.25) is 0 Å². The SMILES string of the molecule is Nc1cccc(C(=O)NC2CCCCCC2)c1[N+](=O)[O-]. The van der Waals surface area contributed by atoms with Crippen LogP contribution in [0.15, 0.2) is 18.2 Å². The Kier molecular flexibility index (Phi) is 4.55. The van der Waals surface area contributed by atoms with E-state index in [2.05, 4.69) is 5.32 Å². The van der Waals surface area contributed by atoms with Crippen molar-refractivity contribution in [3.05, 3.63) is 33.9 Å². The third-order valence-corrected chi connectivity index (χ3v) is 3.68. The summed E-state index contributed by atoms with van der Waals surface area (Å²) in [4.78, 5) is 22.7. The molecule has 0 heterocycles. The van der Waals surface area contributed by atoms with Crippen LogP contribution in [0.3, 0.4) is 0 Å². The molecule has 0 atom stereocenters. The second-order valence-corrected chi connectivity index (χ2v) is 5.16. The predicted octanol–water partition coefficient (Wildman–Crippen LogP) is 2.63. The molecule has 0 aliphatic heterocycles. The first-order valence-corrected chi connectivity index (χ1v) is 6.93. The normalized spacial score (nSPS) is 16.4. The molecule has 6 heteroatoms. The van der Waals surface area contributed by atoms with Crippen molar-refractivity contribution < 1.29 is 9.72 Å². The number of para-hydroxylation sites is 1. The Hall–Kier alpha value is -2.11. The number of amides is 1. The summed E-state index contributed by atoms with van der Waals surface area (Å²) in [5.41, 5.74) is 5.35. The second kappa shape index (κ2) is 6.36. The summed E-state index contributed by atoms with van der Waals surface area (Å²) in [6.07, 6.45) is 6.41.